The van der Waals surface area contributed by atoms with Gasteiger partial charge in [0.15, 0.2) is 0 Å². The number of aromatic nitrogens is 2. The Hall–Kier alpha value is -4.57. The van der Waals surface area contributed by atoms with E-state index in [0.29, 0.717) is 35.4 Å². The minimum atomic E-state index is -0.338. The summed E-state index contributed by atoms with van der Waals surface area (Å²) in [5.74, 6) is -0.0948. The number of pyridine rings is 2. The highest BCUT2D eigenvalue weighted by atomic mass is 19.1. The van der Waals surface area contributed by atoms with E-state index in [1.165, 1.54) is 16.7 Å². The lowest BCUT2D eigenvalue weighted by Gasteiger charge is -2.49. The second-order valence-corrected chi connectivity index (χ2v) is 9.80. The van der Waals surface area contributed by atoms with Crippen molar-refractivity contribution in [2.24, 2.45) is 7.05 Å². The number of hydrogen-bond donors (Lipinski definition) is 1. The molecule has 1 saturated heterocycles. The van der Waals surface area contributed by atoms with Gasteiger partial charge in [-0.3, -0.25) is 9.69 Å². The van der Waals surface area contributed by atoms with Crippen molar-refractivity contribution in [2.75, 3.05) is 24.6 Å². The fraction of sp³-hybridized carbons (Fsp3) is 0.267. The van der Waals surface area contributed by atoms with Gasteiger partial charge in [-0.1, -0.05) is 30.8 Å². The molecule has 1 unspecified atom stereocenters. The highest BCUT2D eigenvalue weighted by Gasteiger charge is 2.38. The molecule has 1 N–H and O–H groups in total. The molecule has 8 nitrogen and oxygen atoms in total. The Morgan fingerprint density at radius 3 is 2.41 bits per heavy atom. The van der Waals surface area contributed by atoms with Crippen LogP contribution >= 0.6 is 0 Å². The van der Waals surface area contributed by atoms with Gasteiger partial charge in [0.05, 0.1) is 41.5 Å². The first kappa shape index (κ1) is 26.1. The predicted molar refractivity (Wildman–Crippen MR) is 147 cm³/mol. The van der Waals surface area contributed by atoms with Crippen molar-refractivity contribution < 1.29 is 9.50 Å². The molecule has 2 aromatic carbocycles. The normalized spacial score (nSPS) is 18.5. The SMILES string of the molecule is [C-]#[N+]c1ccc2c(n1)c(N1C[C@H](CO)N(C(c3ccc(F)cc3)c3ccc(C#N)cc3)C[C@H]1C)cc(=O)n2C. The number of benzene rings is 2. The molecule has 1 aliphatic heterocycles. The van der Waals surface area contributed by atoms with Crippen LogP contribution in [0.15, 0.2) is 71.5 Å². The minimum Gasteiger partial charge on any atom is -0.395 e. The smallest absolute Gasteiger partial charge is 0.270 e. The molecule has 5 rings (SSSR count). The molecule has 1 aliphatic rings. The largest absolute Gasteiger partial charge is 0.395 e. The van der Waals surface area contributed by atoms with Crippen LogP contribution in [0.5, 0.6) is 0 Å². The number of halogens is 1. The fourth-order valence-electron chi connectivity index (χ4n) is 5.42. The lowest BCUT2D eigenvalue weighted by molar-refractivity contribution is 0.0727. The molecule has 196 valence electrons. The van der Waals surface area contributed by atoms with Crippen LogP contribution < -0.4 is 10.5 Å². The Morgan fingerprint density at radius 2 is 1.79 bits per heavy atom. The topological polar surface area (TPSA) is 89.8 Å². The molecule has 4 aromatic rings. The first-order valence-electron chi connectivity index (χ1n) is 12.6. The number of rotatable bonds is 5. The van der Waals surface area contributed by atoms with Gasteiger partial charge >= 0.3 is 0 Å². The molecule has 0 saturated carbocycles. The Kier molecular flexibility index (Phi) is 7.12. The van der Waals surface area contributed by atoms with E-state index in [1.54, 1.807) is 49.5 Å². The number of aliphatic hydroxyl groups excluding tert-OH is 1. The molecule has 3 heterocycles. The summed E-state index contributed by atoms with van der Waals surface area (Å²) in [6, 6.07) is 19.9. The van der Waals surface area contributed by atoms with Crippen molar-refractivity contribution in [2.45, 2.75) is 25.0 Å². The monoisotopic (exact) mass is 522 g/mol. The average molecular weight is 523 g/mol. The predicted octanol–water partition coefficient (Wildman–Crippen LogP) is 4.16. The van der Waals surface area contributed by atoms with Gasteiger partial charge in [0.2, 0.25) is 5.52 Å². The van der Waals surface area contributed by atoms with Crippen LogP contribution in [0.4, 0.5) is 15.9 Å². The lowest BCUT2D eigenvalue weighted by Crippen LogP contribution is -2.60. The summed E-state index contributed by atoms with van der Waals surface area (Å²) in [7, 11) is 1.68. The van der Waals surface area contributed by atoms with Gasteiger partial charge in [-0.2, -0.15) is 5.26 Å². The maximum atomic E-state index is 13.8. The third-order valence-electron chi connectivity index (χ3n) is 7.45. The van der Waals surface area contributed by atoms with Crippen LogP contribution in [0, 0.1) is 23.7 Å². The average Bonchev–Trinajstić information content (AvgIpc) is 2.96. The first-order chi connectivity index (χ1) is 18.8. The highest BCUT2D eigenvalue weighted by molar-refractivity contribution is 5.89. The maximum absolute atomic E-state index is 13.8. The Balaban J connectivity index is 1.58. The molecular weight excluding hydrogens is 495 g/mol. The highest BCUT2D eigenvalue weighted by Crippen LogP contribution is 2.36. The van der Waals surface area contributed by atoms with E-state index in [1.807, 2.05) is 19.1 Å². The zero-order chi connectivity index (χ0) is 27.7. The van der Waals surface area contributed by atoms with Gasteiger partial charge in [-0.15, -0.1) is 4.98 Å². The summed E-state index contributed by atoms with van der Waals surface area (Å²) < 4.78 is 15.3. The second-order valence-electron chi connectivity index (χ2n) is 9.80. The van der Waals surface area contributed by atoms with Crippen molar-refractivity contribution in [1.82, 2.24) is 14.5 Å². The van der Waals surface area contributed by atoms with E-state index < -0.39 is 0 Å². The number of nitrogens with zero attached hydrogens (tertiary/aromatic N) is 6. The maximum Gasteiger partial charge on any atom is 0.270 e. The van der Waals surface area contributed by atoms with Crippen LogP contribution in [0.25, 0.3) is 15.9 Å². The number of piperazine rings is 1. The van der Waals surface area contributed by atoms with Crippen molar-refractivity contribution in [3.8, 4) is 6.07 Å². The Bertz CT molecular complexity index is 1650. The summed E-state index contributed by atoms with van der Waals surface area (Å²) in [4.78, 5) is 25.1. The van der Waals surface area contributed by atoms with Crippen LogP contribution in [-0.4, -0.2) is 51.3 Å². The van der Waals surface area contributed by atoms with Crippen LogP contribution in [0.2, 0.25) is 0 Å². The van der Waals surface area contributed by atoms with Crippen molar-refractivity contribution in [3.05, 3.63) is 111 Å². The number of aliphatic hydroxyl groups is 1. The van der Waals surface area contributed by atoms with Crippen molar-refractivity contribution in [1.29, 1.82) is 5.26 Å². The first-order valence-corrected chi connectivity index (χ1v) is 12.6. The lowest BCUT2D eigenvalue weighted by atomic mass is 9.92. The molecular formula is C30H27FN6O2. The number of anilines is 1. The van der Waals surface area contributed by atoms with Gasteiger partial charge in [-0.25, -0.2) is 4.39 Å². The molecule has 39 heavy (non-hydrogen) atoms. The Morgan fingerprint density at radius 1 is 1.13 bits per heavy atom. The zero-order valence-corrected chi connectivity index (χ0v) is 21.6. The molecule has 0 amide bonds. The van der Waals surface area contributed by atoms with Crippen LogP contribution in [0.1, 0.15) is 29.7 Å². The fourth-order valence-corrected chi connectivity index (χ4v) is 5.42. The molecule has 0 spiro atoms. The van der Waals surface area contributed by atoms with Gasteiger partial charge in [-0.05, 0) is 54.4 Å². The van der Waals surface area contributed by atoms with Crippen molar-refractivity contribution >= 4 is 22.5 Å². The molecule has 0 aliphatic carbocycles. The molecule has 0 radical (unpaired) electrons. The molecule has 3 atom stereocenters. The summed E-state index contributed by atoms with van der Waals surface area (Å²) in [6.07, 6.45) is 0. The molecule has 2 aromatic heterocycles. The minimum absolute atomic E-state index is 0.0946. The van der Waals surface area contributed by atoms with Crippen LogP contribution in [0.3, 0.4) is 0 Å². The number of nitriles is 1. The van der Waals surface area contributed by atoms with E-state index in [-0.39, 0.29) is 41.9 Å². The standard InChI is InChI=1S/C30H27FN6O2/c1-19-16-37(30(22-8-10-23(31)11-9-22)21-6-4-20(15-32)5-7-21)24(18-38)17-36(19)26-14-28(39)35(3)25-12-13-27(33-2)34-29(25)26/h4-14,19,24,30,38H,16-18H2,1,3H3/t19-,24-,30?/m1/s1. The third kappa shape index (κ3) is 4.86. The third-order valence-corrected chi connectivity index (χ3v) is 7.45. The van der Waals surface area contributed by atoms with Crippen molar-refractivity contribution in [3.63, 3.8) is 0 Å². The van der Waals surface area contributed by atoms with E-state index in [4.69, 9.17) is 6.57 Å². The summed E-state index contributed by atoms with van der Waals surface area (Å²) in [6.45, 7) is 10.2. The molecule has 9 heteroatoms. The van der Waals surface area contributed by atoms with Gasteiger partial charge in [0, 0.05) is 32.2 Å². The summed E-state index contributed by atoms with van der Waals surface area (Å²) >= 11 is 0. The Labute approximate surface area is 225 Å². The second kappa shape index (κ2) is 10.7. The quantitative estimate of drug-likeness (QED) is 0.396. The number of hydrogen-bond acceptors (Lipinski definition) is 6. The van der Waals surface area contributed by atoms with Gasteiger partial charge in [0.25, 0.3) is 11.4 Å². The zero-order valence-electron chi connectivity index (χ0n) is 21.6. The van der Waals surface area contributed by atoms with E-state index in [0.717, 1.165) is 11.1 Å². The number of aryl methyl sites for hydroxylation is 1. The van der Waals surface area contributed by atoms with Gasteiger partial charge in [0.1, 0.15) is 5.82 Å². The van der Waals surface area contributed by atoms with E-state index in [9.17, 15) is 19.6 Å². The van der Waals surface area contributed by atoms with E-state index >= 15 is 0 Å². The number of fused-ring (bicyclic) bond motifs is 1. The van der Waals surface area contributed by atoms with Crippen LogP contribution in [-0.2, 0) is 7.05 Å². The van der Waals surface area contributed by atoms with E-state index in [2.05, 4.69) is 25.7 Å². The molecule has 0 bridgehead atoms. The summed E-state index contributed by atoms with van der Waals surface area (Å²) in [5, 5.41) is 19.9. The summed E-state index contributed by atoms with van der Waals surface area (Å²) in [5.41, 5.74) is 3.95. The van der Waals surface area contributed by atoms with Gasteiger partial charge < -0.3 is 19.4 Å². The molecule has 1 fully saturated rings.